The molecule has 0 atom stereocenters. The molecule has 0 fully saturated rings. The van der Waals surface area contributed by atoms with Gasteiger partial charge in [0, 0.05) is 34.5 Å². The zero-order valence-corrected chi connectivity index (χ0v) is 25.6. The van der Waals surface area contributed by atoms with Crippen LogP contribution < -0.4 is 30.6 Å². The van der Waals surface area contributed by atoms with E-state index in [-0.39, 0.29) is 28.8 Å². The predicted molar refractivity (Wildman–Crippen MR) is 165 cm³/mol. The second-order valence-electron chi connectivity index (χ2n) is 10.6. The third kappa shape index (κ3) is 6.11. The Hall–Kier alpha value is -5.04. The van der Waals surface area contributed by atoms with Gasteiger partial charge in [-0.3, -0.25) is 4.79 Å². The van der Waals surface area contributed by atoms with Crippen molar-refractivity contribution in [3.8, 4) is 39.4 Å². The molecule has 0 bridgehead atoms. The van der Waals surface area contributed by atoms with Crippen molar-refractivity contribution in [2.75, 3.05) is 37.7 Å². The summed E-state index contributed by atoms with van der Waals surface area (Å²) < 4.78 is 27.6. The van der Waals surface area contributed by atoms with Crippen LogP contribution in [0.25, 0.3) is 22.2 Å². The van der Waals surface area contributed by atoms with Gasteiger partial charge in [-0.15, -0.1) is 0 Å². The number of furan rings is 1. The van der Waals surface area contributed by atoms with E-state index in [1.54, 1.807) is 44.6 Å². The number of amides is 1. The number of nitrogens with zero attached hydrogens (tertiary/aromatic N) is 3. The normalized spacial score (nSPS) is 11.3. The third-order valence-electron chi connectivity index (χ3n) is 6.49. The minimum absolute atomic E-state index is 0.207. The van der Waals surface area contributed by atoms with Crippen LogP contribution in [0.3, 0.4) is 0 Å². The maximum atomic E-state index is 12.9. The second kappa shape index (κ2) is 11.7. The number of nitrogen functional groups attached to an aromatic ring is 1. The van der Waals surface area contributed by atoms with E-state index < -0.39 is 0 Å². The number of nitrogens with one attached hydrogen (secondary N) is 2. The Morgan fingerprint density at radius 3 is 2.30 bits per heavy atom. The van der Waals surface area contributed by atoms with Gasteiger partial charge in [0.05, 0.1) is 21.3 Å². The van der Waals surface area contributed by atoms with Gasteiger partial charge in [-0.05, 0) is 36.8 Å². The first-order valence-corrected chi connectivity index (χ1v) is 14.0. The van der Waals surface area contributed by atoms with Crippen molar-refractivity contribution >= 4 is 39.6 Å². The van der Waals surface area contributed by atoms with Crippen molar-refractivity contribution in [1.82, 2.24) is 15.1 Å². The van der Waals surface area contributed by atoms with E-state index in [1.165, 1.54) is 18.4 Å². The SMILES string of the molecule is COc1cc(Nc2nc(N)c(-c3nc(-c4cc(NC(=O)c5ccc(C(C)(C)C)o5)ccc4C)no3)s2)cc(OC)c1OC. The number of methoxy groups -OCH3 is 3. The molecule has 1 amide bonds. The van der Waals surface area contributed by atoms with Crippen LogP contribution in [0.4, 0.5) is 22.3 Å². The summed E-state index contributed by atoms with van der Waals surface area (Å²) in [4.78, 5) is 22.3. The van der Waals surface area contributed by atoms with E-state index in [1.807, 2.05) is 39.8 Å². The molecule has 0 aliphatic heterocycles. The van der Waals surface area contributed by atoms with Crippen LogP contribution in [-0.2, 0) is 5.41 Å². The van der Waals surface area contributed by atoms with Crippen LogP contribution >= 0.6 is 11.3 Å². The molecule has 0 unspecified atom stereocenters. The van der Waals surface area contributed by atoms with E-state index >= 15 is 0 Å². The van der Waals surface area contributed by atoms with Crippen LogP contribution in [-0.4, -0.2) is 42.4 Å². The second-order valence-corrected chi connectivity index (χ2v) is 11.6. The first-order valence-electron chi connectivity index (χ1n) is 13.2. The Bertz CT molecular complexity index is 1760. The van der Waals surface area contributed by atoms with Gasteiger partial charge in [-0.1, -0.05) is 43.3 Å². The lowest BCUT2D eigenvalue weighted by Crippen LogP contribution is -2.12. The van der Waals surface area contributed by atoms with Crippen LogP contribution in [0.1, 0.15) is 42.6 Å². The fourth-order valence-electron chi connectivity index (χ4n) is 4.24. The van der Waals surface area contributed by atoms with Gasteiger partial charge in [0.25, 0.3) is 11.8 Å². The zero-order chi connectivity index (χ0) is 30.9. The summed E-state index contributed by atoms with van der Waals surface area (Å²) in [5, 5.41) is 10.7. The summed E-state index contributed by atoms with van der Waals surface area (Å²) in [5.41, 5.74) is 8.80. The number of ether oxygens (including phenoxy) is 3. The number of thiazole rings is 1. The van der Waals surface area contributed by atoms with Crippen molar-refractivity contribution in [3.05, 3.63) is 59.5 Å². The summed E-state index contributed by atoms with van der Waals surface area (Å²) in [6, 6.07) is 12.4. The lowest BCUT2D eigenvalue weighted by molar-refractivity contribution is 0.0993. The number of nitrogens with two attached hydrogens (primary N) is 1. The molecule has 0 aliphatic rings. The molecule has 0 saturated heterocycles. The van der Waals surface area contributed by atoms with Crippen LogP contribution in [0.5, 0.6) is 17.2 Å². The molecule has 12 nitrogen and oxygen atoms in total. The first-order chi connectivity index (χ1) is 20.5. The van der Waals surface area contributed by atoms with Gasteiger partial charge in [0.1, 0.15) is 16.5 Å². The van der Waals surface area contributed by atoms with Gasteiger partial charge in [0.15, 0.2) is 22.4 Å². The number of hydrogen-bond donors (Lipinski definition) is 3. The fourth-order valence-corrected chi connectivity index (χ4v) is 5.06. The highest BCUT2D eigenvalue weighted by Gasteiger charge is 2.22. The topological polar surface area (TPSA) is 160 Å². The highest BCUT2D eigenvalue weighted by molar-refractivity contribution is 7.19. The van der Waals surface area contributed by atoms with Gasteiger partial charge >= 0.3 is 0 Å². The van der Waals surface area contributed by atoms with Crippen molar-refractivity contribution in [2.24, 2.45) is 0 Å². The Morgan fingerprint density at radius 1 is 0.953 bits per heavy atom. The number of aromatic nitrogens is 3. The predicted octanol–water partition coefficient (Wildman–Crippen LogP) is 6.66. The minimum atomic E-state index is -0.358. The zero-order valence-electron chi connectivity index (χ0n) is 24.8. The Labute approximate surface area is 252 Å². The van der Waals surface area contributed by atoms with E-state index in [0.29, 0.717) is 50.0 Å². The van der Waals surface area contributed by atoms with Gasteiger partial charge in [-0.25, -0.2) is 4.98 Å². The number of anilines is 4. The molecule has 0 spiro atoms. The molecule has 2 aromatic carbocycles. The molecular formula is C30H32N6O6S. The van der Waals surface area contributed by atoms with Crippen LogP contribution in [0, 0.1) is 6.92 Å². The average molecular weight is 605 g/mol. The monoisotopic (exact) mass is 604 g/mol. The lowest BCUT2D eigenvalue weighted by atomic mass is 9.94. The first kappa shape index (κ1) is 29.5. The highest BCUT2D eigenvalue weighted by atomic mass is 32.1. The Morgan fingerprint density at radius 2 is 1.67 bits per heavy atom. The maximum absolute atomic E-state index is 12.9. The molecule has 5 aromatic rings. The van der Waals surface area contributed by atoms with Crippen molar-refractivity contribution < 1.29 is 27.9 Å². The molecule has 224 valence electrons. The number of aryl methyl sites for hydroxylation is 1. The van der Waals surface area contributed by atoms with E-state index in [2.05, 4.69) is 25.8 Å². The summed E-state index contributed by atoms with van der Waals surface area (Å²) in [7, 11) is 4.62. The highest BCUT2D eigenvalue weighted by Crippen LogP contribution is 2.42. The summed E-state index contributed by atoms with van der Waals surface area (Å²) in [6.45, 7) is 7.98. The molecular weight excluding hydrogens is 572 g/mol. The lowest BCUT2D eigenvalue weighted by Gasteiger charge is -2.14. The number of carbonyl (C=O) groups excluding carboxylic acids is 1. The minimum Gasteiger partial charge on any atom is -0.493 e. The van der Waals surface area contributed by atoms with Gasteiger partial charge in [-0.2, -0.15) is 4.98 Å². The molecule has 3 aromatic heterocycles. The number of hydrogen-bond acceptors (Lipinski definition) is 12. The number of benzene rings is 2. The Balaban J connectivity index is 1.36. The van der Waals surface area contributed by atoms with Gasteiger partial charge < -0.3 is 39.5 Å². The summed E-state index contributed by atoms with van der Waals surface area (Å²) in [5.74, 6) is 2.82. The largest absolute Gasteiger partial charge is 0.493 e. The number of rotatable bonds is 9. The van der Waals surface area contributed by atoms with Crippen LogP contribution in [0.15, 0.2) is 51.4 Å². The van der Waals surface area contributed by atoms with Crippen molar-refractivity contribution in [3.63, 3.8) is 0 Å². The van der Waals surface area contributed by atoms with Crippen LogP contribution in [0.2, 0.25) is 0 Å². The van der Waals surface area contributed by atoms with E-state index in [4.69, 9.17) is 28.9 Å². The molecule has 43 heavy (non-hydrogen) atoms. The fraction of sp³-hybridized carbons (Fsp3) is 0.267. The summed E-state index contributed by atoms with van der Waals surface area (Å²) in [6.07, 6.45) is 0. The number of carbonyl (C=O) groups is 1. The maximum Gasteiger partial charge on any atom is 0.291 e. The third-order valence-corrected chi connectivity index (χ3v) is 7.47. The van der Waals surface area contributed by atoms with Crippen molar-refractivity contribution in [1.29, 1.82) is 0 Å². The molecule has 4 N–H and O–H groups in total. The quantitative estimate of drug-likeness (QED) is 0.165. The van der Waals surface area contributed by atoms with Crippen molar-refractivity contribution in [2.45, 2.75) is 33.1 Å². The molecule has 0 radical (unpaired) electrons. The molecule has 0 saturated carbocycles. The Kier molecular flexibility index (Phi) is 8.00. The van der Waals surface area contributed by atoms with E-state index in [9.17, 15) is 4.79 Å². The average Bonchev–Trinajstić information content (AvgIpc) is 3.73. The van der Waals surface area contributed by atoms with Gasteiger partial charge in [0.2, 0.25) is 11.6 Å². The van der Waals surface area contributed by atoms with E-state index in [0.717, 1.165) is 11.3 Å². The molecule has 13 heteroatoms. The molecule has 3 heterocycles. The standard InChI is InChI=1S/C30H32N6O6S/c1-15-8-9-16(32-27(37)19-10-11-22(41-19)30(2,3)4)12-18(15)26-35-28(42-36-26)24-25(31)34-29(43-24)33-17-13-20(38-5)23(40-7)21(14-17)39-6/h8-14H,31H2,1-7H3,(H,32,37)(H,33,34). The molecule has 0 aliphatic carbocycles. The molecule has 5 rings (SSSR count). The smallest absolute Gasteiger partial charge is 0.291 e. The summed E-state index contributed by atoms with van der Waals surface area (Å²) >= 11 is 1.25.